The molecule has 1 aromatic rings. The Morgan fingerprint density at radius 2 is 1.67 bits per heavy atom. The van der Waals surface area contributed by atoms with Crippen LogP contribution in [0.4, 0.5) is 17.6 Å². The van der Waals surface area contributed by atoms with Gasteiger partial charge in [0.15, 0.2) is 0 Å². The van der Waals surface area contributed by atoms with Crippen LogP contribution in [0.3, 0.4) is 0 Å². The van der Waals surface area contributed by atoms with Crippen molar-refractivity contribution in [2.24, 2.45) is 5.73 Å². The molecule has 0 unspecified atom stereocenters. The molecule has 0 aliphatic carbocycles. The SMILES string of the molecule is N[C@@H](CCC(F)(F)F)c1ccc(F)cc1. The van der Waals surface area contributed by atoms with Gasteiger partial charge >= 0.3 is 6.18 Å². The molecule has 1 nitrogen and oxygen atoms in total. The first-order chi connectivity index (χ1) is 6.88. The number of rotatable bonds is 3. The molecule has 0 spiro atoms. The van der Waals surface area contributed by atoms with Gasteiger partial charge in [-0.3, -0.25) is 0 Å². The van der Waals surface area contributed by atoms with Crippen molar-refractivity contribution >= 4 is 0 Å². The molecule has 5 heteroatoms. The standard InChI is InChI=1S/C10H11F4N/c11-8-3-1-7(2-4-8)9(15)5-6-10(12,13)14/h1-4,9H,5-6,15H2/t9-/m0/s1. The van der Waals surface area contributed by atoms with E-state index in [4.69, 9.17) is 5.73 Å². The normalized spacial score (nSPS) is 13.9. The van der Waals surface area contributed by atoms with E-state index >= 15 is 0 Å². The van der Waals surface area contributed by atoms with E-state index in [1.807, 2.05) is 0 Å². The van der Waals surface area contributed by atoms with Crippen LogP contribution in [0.1, 0.15) is 24.4 Å². The van der Waals surface area contributed by atoms with Crippen LogP contribution in [0.5, 0.6) is 0 Å². The Bertz CT molecular complexity index is 304. The van der Waals surface area contributed by atoms with Crippen LogP contribution in [-0.2, 0) is 0 Å². The van der Waals surface area contributed by atoms with Gasteiger partial charge in [0.2, 0.25) is 0 Å². The Balaban J connectivity index is 2.54. The maximum atomic E-state index is 12.5. The van der Waals surface area contributed by atoms with E-state index in [2.05, 4.69) is 0 Å². The van der Waals surface area contributed by atoms with E-state index in [0.717, 1.165) is 0 Å². The van der Waals surface area contributed by atoms with Crippen LogP contribution in [0.25, 0.3) is 0 Å². The predicted octanol–water partition coefficient (Wildman–Crippen LogP) is 3.17. The Labute approximate surface area is 84.9 Å². The molecule has 84 valence electrons. The van der Waals surface area contributed by atoms with E-state index in [1.165, 1.54) is 24.3 Å². The van der Waals surface area contributed by atoms with Gasteiger partial charge in [-0.25, -0.2) is 4.39 Å². The van der Waals surface area contributed by atoms with E-state index in [0.29, 0.717) is 5.56 Å². The lowest BCUT2D eigenvalue weighted by molar-refractivity contribution is -0.136. The lowest BCUT2D eigenvalue weighted by atomic mass is 10.0. The van der Waals surface area contributed by atoms with Crippen LogP contribution in [0.15, 0.2) is 24.3 Å². The molecule has 0 radical (unpaired) electrons. The summed E-state index contributed by atoms with van der Waals surface area (Å²) in [6.07, 6.45) is -5.31. The Morgan fingerprint density at radius 1 is 1.13 bits per heavy atom. The first-order valence-corrected chi connectivity index (χ1v) is 4.46. The highest BCUT2D eigenvalue weighted by Crippen LogP contribution is 2.26. The molecule has 2 N–H and O–H groups in total. The molecule has 0 saturated heterocycles. The Kier molecular flexibility index (Phi) is 3.68. The topological polar surface area (TPSA) is 26.0 Å². The molecule has 0 saturated carbocycles. The summed E-state index contributed by atoms with van der Waals surface area (Å²) in [5, 5.41) is 0. The summed E-state index contributed by atoms with van der Waals surface area (Å²) in [6.45, 7) is 0. The summed E-state index contributed by atoms with van der Waals surface area (Å²) in [7, 11) is 0. The maximum absolute atomic E-state index is 12.5. The zero-order valence-electron chi connectivity index (χ0n) is 7.89. The third-order valence-corrected chi connectivity index (χ3v) is 2.04. The fourth-order valence-corrected chi connectivity index (χ4v) is 1.20. The summed E-state index contributed by atoms with van der Waals surface area (Å²) >= 11 is 0. The van der Waals surface area contributed by atoms with Crippen molar-refractivity contribution in [1.29, 1.82) is 0 Å². The monoisotopic (exact) mass is 221 g/mol. The van der Waals surface area contributed by atoms with Gasteiger partial charge in [-0.2, -0.15) is 13.2 Å². The molecule has 0 amide bonds. The van der Waals surface area contributed by atoms with Crippen molar-refractivity contribution in [3.05, 3.63) is 35.6 Å². The number of hydrogen-bond acceptors (Lipinski definition) is 1. The van der Waals surface area contributed by atoms with Crippen LogP contribution < -0.4 is 5.73 Å². The molecular formula is C10H11F4N. The predicted molar refractivity (Wildman–Crippen MR) is 48.6 cm³/mol. The summed E-state index contributed by atoms with van der Waals surface area (Å²) in [4.78, 5) is 0. The van der Waals surface area contributed by atoms with Gasteiger partial charge in [-0.1, -0.05) is 12.1 Å². The first-order valence-electron chi connectivity index (χ1n) is 4.46. The minimum Gasteiger partial charge on any atom is -0.324 e. The minimum absolute atomic E-state index is 0.185. The molecular weight excluding hydrogens is 210 g/mol. The van der Waals surface area contributed by atoms with Gasteiger partial charge in [-0.15, -0.1) is 0 Å². The highest BCUT2D eigenvalue weighted by atomic mass is 19.4. The third-order valence-electron chi connectivity index (χ3n) is 2.04. The molecule has 1 aromatic carbocycles. The second-order valence-electron chi connectivity index (χ2n) is 3.31. The number of hydrogen-bond donors (Lipinski definition) is 1. The molecule has 1 atom stereocenters. The van der Waals surface area contributed by atoms with Gasteiger partial charge in [0.05, 0.1) is 0 Å². The van der Waals surface area contributed by atoms with Crippen LogP contribution >= 0.6 is 0 Å². The van der Waals surface area contributed by atoms with Gasteiger partial charge in [0, 0.05) is 12.5 Å². The second-order valence-corrected chi connectivity index (χ2v) is 3.31. The quantitative estimate of drug-likeness (QED) is 0.779. The average Bonchev–Trinajstić information content (AvgIpc) is 2.14. The summed E-state index contributed by atoms with van der Waals surface area (Å²) in [6, 6.07) is 4.46. The van der Waals surface area contributed by atoms with E-state index in [-0.39, 0.29) is 6.42 Å². The molecule has 0 bridgehead atoms. The van der Waals surface area contributed by atoms with Crippen molar-refractivity contribution in [3.63, 3.8) is 0 Å². The zero-order chi connectivity index (χ0) is 11.5. The first kappa shape index (κ1) is 12.0. The number of nitrogens with two attached hydrogens (primary N) is 1. The largest absolute Gasteiger partial charge is 0.389 e. The van der Waals surface area contributed by atoms with Crippen LogP contribution in [0, 0.1) is 5.82 Å². The third kappa shape index (κ3) is 4.29. The van der Waals surface area contributed by atoms with Crippen molar-refractivity contribution in [2.45, 2.75) is 25.1 Å². The summed E-state index contributed by atoms with van der Waals surface area (Å²) < 4.78 is 48.1. The van der Waals surface area contributed by atoms with Crippen molar-refractivity contribution in [2.75, 3.05) is 0 Å². The fourth-order valence-electron chi connectivity index (χ4n) is 1.20. The van der Waals surface area contributed by atoms with E-state index in [9.17, 15) is 17.6 Å². The smallest absolute Gasteiger partial charge is 0.324 e. The zero-order valence-corrected chi connectivity index (χ0v) is 7.89. The van der Waals surface area contributed by atoms with Gasteiger partial charge in [-0.05, 0) is 24.1 Å². The molecule has 15 heavy (non-hydrogen) atoms. The average molecular weight is 221 g/mol. The van der Waals surface area contributed by atoms with Gasteiger partial charge in [0.1, 0.15) is 5.82 Å². The van der Waals surface area contributed by atoms with Crippen LogP contribution in [0.2, 0.25) is 0 Å². The van der Waals surface area contributed by atoms with Crippen molar-refractivity contribution in [1.82, 2.24) is 0 Å². The van der Waals surface area contributed by atoms with Crippen molar-refractivity contribution < 1.29 is 17.6 Å². The second kappa shape index (κ2) is 4.61. The molecule has 0 aromatic heterocycles. The summed E-state index contributed by atoms with van der Waals surface area (Å²) in [5.41, 5.74) is 6.04. The highest BCUT2D eigenvalue weighted by Gasteiger charge is 2.27. The number of halogens is 4. The molecule has 0 aliphatic rings. The highest BCUT2D eigenvalue weighted by molar-refractivity contribution is 5.19. The molecule has 0 aliphatic heterocycles. The fraction of sp³-hybridized carbons (Fsp3) is 0.400. The van der Waals surface area contributed by atoms with E-state index in [1.54, 1.807) is 0 Å². The minimum atomic E-state index is -4.20. The lowest BCUT2D eigenvalue weighted by Gasteiger charge is -2.13. The van der Waals surface area contributed by atoms with Crippen LogP contribution in [-0.4, -0.2) is 6.18 Å². The molecule has 0 heterocycles. The summed E-state index contributed by atoms with van der Waals surface area (Å²) in [5.74, 6) is -0.429. The number of benzene rings is 1. The Morgan fingerprint density at radius 3 is 2.13 bits per heavy atom. The Hall–Kier alpha value is -1.10. The maximum Gasteiger partial charge on any atom is 0.389 e. The molecule has 1 rings (SSSR count). The molecule has 0 fully saturated rings. The number of alkyl halides is 3. The van der Waals surface area contributed by atoms with Crippen molar-refractivity contribution in [3.8, 4) is 0 Å². The van der Waals surface area contributed by atoms with Gasteiger partial charge in [0.25, 0.3) is 0 Å². The van der Waals surface area contributed by atoms with E-state index < -0.39 is 24.5 Å². The van der Waals surface area contributed by atoms with Gasteiger partial charge < -0.3 is 5.73 Å². The lowest BCUT2D eigenvalue weighted by Crippen LogP contribution is -2.15.